The highest BCUT2D eigenvalue weighted by molar-refractivity contribution is 7.92. The number of halogens is 2. The maximum absolute atomic E-state index is 13.6. The number of anilines is 2. The van der Waals surface area contributed by atoms with Crippen LogP contribution >= 0.6 is 0 Å². The van der Waals surface area contributed by atoms with Crippen LogP contribution in [0, 0.1) is 18.6 Å². The van der Waals surface area contributed by atoms with E-state index in [0.29, 0.717) is 11.6 Å². The fourth-order valence-corrected chi connectivity index (χ4v) is 3.01. The SMILES string of the molecule is Cc1ccccc1S(=O)(=O)Nc1cc(N)c(F)cc1F. The zero-order chi connectivity index (χ0) is 14.9. The molecule has 2 aromatic carbocycles. The van der Waals surface area contributed by atoms with Crippen molar-refractivity contribution in [2.45, 2.75) is 11.8 Å². The second kappa shape index (κ2) is 5.09. The minimum Gasteiger partial charge on any atom is -0.396 e. The van der Waals surface area contributed by atoms with Crippen LogP contribution in [0.3, 0.4) is 0 Å². The molecule has 2 aromatic rings. The quantitative estimate of drug-likeness (QED) is 0.856. The monoisotopic (exact) mass is 298 g/mol. The van der Waals surface area contributed by atoms with Gasteiger partial charge in [0.15, 0.2) is 0 Å². The maximum Gasteiger partial charge on any atom is 0.262 e. The molecule has 0 atom stereocenters. The average Bonchev–Trinajstić information content (AvgIpc) is 2.36. The zero-order valence-electron chi connectivity index (χ0n) is 10.5. The Balaban J connectivity index is 2.44. The summed E-state index contributed by atoms with van der Waals surface area (Å²) in [5, 5.41) is 0. The molecule has 0 unspecified atom stereocenters. The lowest BCUT2D eigenvalue weighted by Crippen LogP contribution is -2.15. The Labute approximate surface area is 115 Å². The molecule has 0 aromatic heterocycles. The third kappa shape index (κ3) is 2.72. The summed E-state index contributed by atoms with van der Waals surface area (Å²) in [6.45, 7) is 1.62. The molecule has 0 radical (unpaired) electrons. The molecule has 2 rings (SSSR count). The van der Waals surface area contributed by atoms with Crippen molar-refractivity contribution >= 4 is 21.4 Å². The summed E-state index contributed by atoms with van der Waals surface area (Å²) in [6.07, 6.45) is 0. The zero-order valence-corrected chi connectivity index (χ0v) is 11.3. The van der Waals surface area contributed by atoms with E-state index in [9.17, 15) is 17.2 Å². The summed E-state index contributed by atoms with van der Waals surface area (Å²) in [4.78, 5) is 0.0160. The molecule has 0 bridgehead atoms. The highest BCUT2D eigenvalue weighted by atomic mass is 32.2. The summed E-state index contributed by atoms with van der Waals surface area (Å²) in [5.41, 5.74) is 5.08. The molecular weight excluding hydrogens is 286 g/mol. The Hall–Kier alpha value is -2.15. The summed E-state index contributed by atoms with van der Waals surface area (Å²) >= 11 is 0. The van der Waals surface area contributed by atoms with Gasteiger partial charge in [-0.05, 0) is 24.6 Å². The first kappa shape index (κ1) is 14.3. The van der Waals surface area contributed by atoms with Gasteiger partial charge < -0.3 is 5.73 Å². The number of benzene rings is 2. The number of nitrogens with one attached hydrogen (secondary N) is 1. The number of hydrogen-bond acceptors (Lipinski definition) is 3. The number of hydrogen-bond donors (Lipinski definition) is 2. The first-order chi connectivity index (χ1) is 9.31. The molecule has 106 valence electrons. The van der Waals surface area contributed by atoms with Gasteiger partial charge in [0.25, 0.3) is 10.0 Å². The van der Waals surface area contributed by atoms with Crippen LogP contribution in [-0.2, 0) is 10.0 Å². The number of aryl methyl sites for hydroxylation is 1. The van der Waals surface area contributed by atoms with Crippen LogP contribution in [0.25, 0.3) is 0 Å². The van der Waals surface area contributed by atoms with E-state index in [1.807, 2.05) is 0 Å². The normalized spacial score (nSPS) is 11.3. The van der Waals surface area contributed by atoms with Crippen molar-refractivity contribution in [2.24, 2.45) is 0 Å². The largest absolute Gasteiger partial charge is 0.396 e. The van der Waals surface area contributed by atoms with Crippen LogP contribution in [0.2, 0.25) is 0 Å². The Morgan fingerprint density at radius 2 is 1.75 bits per heavy atom. The van der Waals surface area contributed by atoms with Gasteiger partial charge in [-0.2, -0.15) is 0 Å². The molecule has 7 heteroatoms. The molecule has 3 N–H and O–H groups in total. The van der Waals surface area contributed by atoms with Crippen molar-refractivity contribution in [3.05, 3.63) is 53.6 Å². The summed E-state index contributed by atoms with van der Waals surface area (Å²) in [6, 6.07) is 7.68. The van der Waals surface area contributed by atoms with Gasteiger partial charge in [0.2, 0.25) is 0 Å². The van der Waals surface area contributed by atoms with E-state index >= 15 is 0 Å². The molecule has 0 saturated carbocycles. The van der Waals surface area contributed by atoms with E-state index in [0.717, 1.165) is 6.07 Å². The molecule has 0 spiro atoms. The lowest BCUT2D eigenvalue weighted by molar-refractivity contribution is 0.585. The van der Waals surface area contributed by atoms with E-state index in [-0.39, 0.29) is 10.6 Å². The van der Waals surface area contributed by atoms with Gasteiger partial charge in [-0.3, -0.25) is 4.72 Å². The van der Waals surface area contributed by atoms with Gasteiger partial charge in [0.1, 0.15) is 11.6 Å². The predicted molar refractivity (Wildman–Crippen MR) is 72.8 cm³/mol. The molecule has 20 heavy (non-hydrogen) atoms. The first-order valence-corrected chi connectivity index (χ1v) is 7.12. The summed E-state index contributed by atoms with van der Waals surface area (Å²) < 4.78 is 53.0. The van der Waals surface area contributed by atoms with Crippen LogP contribution in [0.1, 0.15) is 5.56 Å². The van der Waals surface area contributed by atoms with Crippen molar-refractivity contribution in [1.82, 2.24) is 0 Å². The van der Waals surface area contributed by atoms with E-state index in [1.54, 1.807) is 25.1 Å². The smallest absolute Gasteiger partial charge is 0.262 e. The number of nitrogen functional groups attached to an aromatic ring is 1. The number of rotatable bonds is 3. The summed E-state index contributed by atoms with van der Waals surface area (Å²) in [7, 11) is -3.96. The first-order valence-electron chi connectivity index (χ1n) is 5.64. The highest BCUT2D eigenvalue weighted by Crippen LogP contribution is 2.24. The van der Waals surface area contributed by atoms with Gasteiger partial charge in [-0.1, -0.05) is 18.2 Å². The Bertz CT molecular complexity index is 761. The molecule has 0 aliphatic carbocycles. The van der Waals surface area contributed by atoms with Gasteiger partial charge in [-0.25, -0.2) is 17.2 Å². The topological polar surface area (TPSA) is 72.2 Å². The van der Waals surface area contributed by atoms with Gasteiger partial charge in [-0.15, -0.1) is 0 Å². The second-order valence-corrected chi connectivity index (χ2v) is 5.88. The van der Waals surface area contributed by atoms with Crippen LogP contribution < -0.4 is 10.5 Å². The fourth-order valence-electron chi connectivity index (χ4n) is 1.70. The molecule has 0 saturated heterocycles. The van der Waals surface area contributed by atoms with E-state index in [4.69, 9.17) is 5.73 Å². The molecule has 0 fully saturated rings. The highest BCUT2D eigenvalue weighted by Gasteiger charge is 2.19. The van der Waals surface area contributed by atoms with Crippen molar-refractivity contribution in [3.8, 4) is 0 Å². The van der Waals surface area contributed by atoms with Gasteiger partial charge in [0, 0.05) is 6.07 Å². The minimum absolute atomic E-state index is 0.0160. The van der Waals surface area contributed by atoms with Gasteiger partial charge >= 0.3 is 0 Å². The fraction of sp³-hybridized carbons (Fsp3) is 0.0769. The average molecular weight is 298 g/mol. The molecule has 0 amide bonds. The van der Waals surface area contributed by atoms with Crippen molar-refractivity contribution in [2.75, 3.05) is 10.5 Å². The Morgan fingerprint density at radius 1 is 1.10 bits per heavy atom. The number of sulfonamides is 1. The van der Waals surface area contributed by atoms with Crippen molar-refractivity contribution < 1.29 is 17.2 Å². The maximum atomic E-state index is 13.6. The third-order valence-electron chi connectivity index (χ3n) is 2.71. The van der Waals surface area contributed by atoms with Crippen molar-refractivity contribution in [1.29, 1.82) is 0 Å². The summed E-state index contributed by atoms with van der Waals surface area (Å²) in [5.74, 6) is -1.98. The predicted octanol–water partition coefficient (Wildman–Crippen LogP) is 2.66. The lowest BCUT2D eigenvalue weighted by Gasteiger charge is -2.11. The minimum atomic E-state index is -3.96. The second-order valence-electron chi connectivity index (χ2n) is 4.22. The van der Waals surface area contributed by atoms with E-state index in [1.165, 1.54) is 6.07 Å². The Kier molecular flexibility index (Phi) is 3.63. The van der Waals surface area contributed by atoms with Gasteiger partial charge in [0.05, 0.1) is 16.3 Å². The third-order valence-corrected chi connectivity index (χ3v) is 4.24. The molecule has 0 heterocycles. The molecule has 0 aliphatic heterocycles. The van der Waals surface area contributed by atoms with Crippen molar-refractivity contribution in [3.63, 3.8) is 0 Å². The standard InChI is InChI=1S/C13H12F2N2O2S/c1-8-4-2-3-5-13(8)20(18,19)17-12-7-11(16)9(14)6-10(12)15/h2-7,17H,16H2,1H3. The van der Waals surface area contributed by atoms with Crippen LogP contribution in [0.4, 0.5) is 20.2 Å². The molecule has 0 aliphatic rings. The van der Waals surface area contributed by atoms with Crippen LogP contribution in [0.5, 0.6) is 0 Å². The van der Waals surface area contributed by atoms with Crippen LogP contribution in [0.15, 0.2) is 41.3 Å². The van der Waals surface area contributed by atoms with E-state index in [2.05, 4.69) is 4.72 Å². The Morgan fingerprint density at radius 3 is 2.40 bits per heavy atom. The number of nitrogens with two attached hydrogens (primary N) is 1. The van der Waals surface area contributed by atoms with E-state index < -0.39 is 27.3 Å². The van der Waals surface area contributed by atoms with Crippen LogP contribution in [-0.4, -0.2) is 8.42 Å². The molecular formula is C13H12F2N2O2S. The lowest BCUT2D eigenvalue weighted by atomic mass is 10.2. The molecule has 4 nitrogen and oxygen atoms in total.